The second-order valence-corrected chi connectivity index (χ2v) is 5.72. The molecule has 6 nitrogen and oxygen atoms in total. The van der Waals surface area contributed by atoms with Crippen molar-refractivity contribution < 1.29 is 13.9 Å². The molecule has 0 fully saturated rings. The Labute approximate surface area is 149 Å². The highest BCUT2D eigenvalue weighted by atomic mass is 35.5. The molecule has 0 saturated carbocycles. The Hall–Kier alpha value is -2.86. The molecule has 25 heavy (non-hydrogen) atoms. The van der Waals surface area contributed by atoms with Gasteiger partial charge in [-0.1, -0.05) is 35.9 Å². The van der Waals surface area contributed by atoms with Crippen LogP contribution in [0.5, 0.6) is 5.75 Å². The first-order chi connectivity index (χ1) is 12.2. The third-order valence-corrected chi connectivity index (χ3v) is 3.77. The fourth-order valence-corrected chi connectivity index (χ4v) is 2.41. The zero-order valence-electron chi connectivity index (χ0n) is 13.5. The first kappa shape index (κ1) is 17.0. The van der Waals surface area contributed by atoms with Crippen LogP contribution < -0.4 is 10.1 Å². The molecule has 1 aromatic heterocycles. The summed E-state index contributed by atoms with van der Waals surface area (Å²) in [6, 6.07) is 14.5. The molecule has 1 N–H and O–H groups in total. The van der Waals surface area contributed by atoms with Crippen LogP contribution in [-0.2, 0) is 17.8 Å². The van der Waals surface area contributed by atoms with Crippen molar-refractivity contribution in [2.24, 2.45) is 0 Å². The summed E-state index contributed by atoms with van der Waals surface area (Å²) in [5.74, 6) is 1.17. The molecule has 0 bridgehead atoms. The van der Waals surface area contributed by atoms with Crippen molar-refractivity contribution in [1.82, 2.24) is 15.5 Å². The number of hydrogen-bond acceptors (Lipinski definition) is 5. The van der Waals surface area contributed by atoms with Crippen LogP contribution in [-0.4, -0.2) is 23.2 Å². The Morgan fingerprint density at radius 3 is 2.68 bits per heavy atom. The molecule has 0 radical (unpaired) electrons. The molecule has 128 valence electrons. The number of para-hydroxylation sites is 1. The van der Waals surface area contributed by atoms with Gasteiger partial charge in [-0.2, -0.15) is 0 Å². The molecule has 0 aliphatic rings. The predicted molar refractivity (Wildman–Crippen MR) is 93.3 cm³/mol. The van der Waals surface area contributed by atoms with Crippen molar-refractivity contribution in [3.63, 3.8) is 0 Å². The summed E-state index contributed by atoms with van der Waals surface area (Å²) in [6.07, 6.45) is 0.255. The van der Waals surface area contributed by atoms with Gasteiger partial charge in [-0.05, 0) is 29.8 Å². The minimum absolute atomic E-state index is 0.139. The van der Waals surface area contributed by atoms with Gasteiger partial charge in [-0.25, -0.2) is 0 Å². The Balaban J connectivity index is 1.60. The van der Waals surface area contributed by atoms with E-state index in [0.717, 1.165) is 5.56 Å². The SMILES string of the molecule is COc1ccccc1-c1nnc(CNC(=O)Cc2ccc(Cl)cc2)o1. The lowest BCUT2D eigenvalue weighted by Crippen LogP contribution is -2.24. The Bertz CT molecular complexity index is 862. The molecule has 0 atom stereocenters. The van der Waals surface area contributed by atoms with E-state index < -0.39 is 0 Å². The van der Waals surface area contributed by atoms with Crippen LogP contribution in [0, 0.1) is 0 Å². The van der Waals surface area contributed by atoms with Gasteiger partial charge >= 0.3 is 0 Å². The number of nitrogens with one attached hydrogen (secondary N) is 1. The van der Waals surface area contributed by atoms with E-state index in [1.165, 1.54) is 0 Å². The Kier molecular flexibility index (Phi) is 5.30. The number of amides is 1. The second kappa shape index (κ2) is 7.81. The van der Waals surface area contributed by atoms with Crippen LogP contribution in [0.3, 0.4) is 0 Å². The van der Waals surface area contributed by atoms with Gasteiger partial charge in [0.2, 0.25) is 11.8 Å². The van der Waals surface area contributed by atoms with Gasteiger partial charge in [-0.15, -0.1) is 10.2 Å². The van der Waals surface area contributed by atoms with Crippen molar-refractivity contribution in [3.8, 4) is 17.2 Å². The molecule has 3 aromatic rings. The van der Waals surface area contributed by atoms with E-state index in [1.54, 1.807) is 19.2 Å². The zero-order valence-corrected chi connectivity index (χ0v) is 14.3. The standard InChI is InChI=1S/C18H16ClN3O3/c1-24-15-5-3-2-4-14(15)18-22-21-17(25-18)11-20-16(23)10-12-6-8-13(19)9-7-12/h2-9H,10-11H2,1H3,(H,20,23). The van der Waals surface area contributed by atoms with Crippen molar-refractivity contribution in [2.75, 3.05) is 7.11 Å². The summed E-state index contributed by atoms with van der Waals surface area (Å²) in [5, 5.41) is 11.4. The number of halogens is 1. The molecule has 0 spiro atoms. The molecule has 1 amide bonds. The highest BCUT2D eigenvalue weighted by Crippen LogP contribution is 2.28. The summed E-state index contributed by atoms with van der Waals surface area (Å²) in [7, 11) is 1.58. The van der Waals surface area contributed by atoms with E-state index in [2.05, 4.69) is 15.5 Å². The molecule has 2 aromatic carbocycles. The molecule has 7 heteroatoms. The highest BCUT2D eigenvalue weighted by molar-refractivity contribution is 6.30. The van der Waals surface area contributed by atoms with Gasteiger partial charge in [-0.3, -0.25) is 4.79 Å². The van der Waals surface area contributed by atoms with Crippen LogP contribution in [0.25, 0.3) is 11.5 Å². The zero-order chi connectivity index (χ0) is 17.6. The Morgan fingerprint density at radius 2 is 1.92 bits per heavy atom. The number of aromatic nitrogens is 2. The number of ether oxygens (including phenoxy) is 1. The second-order valence-electron chi connectivity index (χ2n) is 5.28. The van der Waals surface area contributed by atoms with Crippen molar-refractivity contribution in [2.45, 2.75) is 13.0 Å². The average Bonchev–Trinajstić information content (AvgIpc) is 3.11. The fraction of sp³-hybridized carbons (Fsp3) is 0.167. The molecular formula is C18H16ClN3O3. The third-order valence-electron chi connectivity index (χ3n) is 3.52. The first-order valence-electron chi connectivity index (χ1n) is 7.62. The number of carbonyl (C=O) groups is 1. The van der Waals surface area contributed by atoms with Crippen molar-refractivity contribution in [1.29, 1.82) is 0 Å². The van der Waals surface area contributed by atoms with Gasteiger partial charge in [0.1, 0.15) is 5.75 Å². The number of carbonyl (C=O) groups excluding carboxylic acids is 1. The molecular weight excluding hydrogens is 342 g/mol. The monoisotopic (exact) mass is 357 g/mol. The normalized spacial score (nSPS) is 10.5. The predicted octanol–water partition coefficient (Wildman–Crippen LogP) is 3.26. The lowest BCUT2D eigenvalue weighted by molar-refractivity contribution is -0.120. The van der Waals surface area contributed by atoms with E-state index in [4.69, 9.17) is 20.8 Å². The lowest BCUT2D eigenvalue weighted by Gasteiger charge is -2.04. The van der Waals surface area contributed by atoms with E-state index >= 15 is 0 Å². The van der Waals surface area contributed by atoms with Gasteiger partial charge in [0.05, 0.1) is 25.6 Å². The summed E-state index contributed by atoms with van der Waals surface area (Å²) >= 11 is 5.83. The number of hydrogen-bond donors (Lipinski definition) is 1. The van der Waals surface area contributed by atoms with Gasteiger partial charge in [0.15, 0.2) is 0 Å². The summed E-state index contributed by atoms with van der Waals surface area (Å²) in [4.78, 5) is 12.0. The smallest absolute Gasteiger partial charge is 0.251 e. The van der Waals surface area contributed by atoms with Crippen LogP contribution in [0.15, 0.2) is 52.9 Å². The number of nitrogens with zero attached hydrogens (tertiary/aromatic N) is 2. The summed E-state index contributed by atoms with van der Waals surface area (Å²) in [5.41, 5.74) is 1.58. The number of benzene rings is 2. The minimum atomic E-state index is -0.139. The van der Waals surface area contributed by atoms with Crippen LogP contribution in [0.2, 0.25) is 5.02 Å². The Morgan fingerprint density at radius 1 is 1.16 bits per heavy atom. The molecule has 1 heterocycles. The minimum Gasteiger partial charge on any atom is -0.496 e. The maximum atomic E-state index is 12.0. The van der Waals surface area contributed by atoms with E-state index in [1.807, 2.05) is 36.4 Å². The van der Waals surface area contributed by atoms with Gasteiger partial charge in [0.25, 0.3) is 5.89 Å². The highest BCUT2D eigenvalue weighted by Gasteiger charge is 2.13. The molecule has 0 aliphatic carbocycles. The van der Waals surface area contributed by atoms with Gasteiger partial charge in [0, 0.05) is 5.02 Å². The van der Waals surface area contributed by atoms with Gasteiger partial charge < -0.3 is 14.5 Å². The first-order valence-corrected chi connectivity index (χ1v) is 8.00. The third kappa shape index (κ3) is 4.36. The lowest BCUT2D eigenvalue weighted by atomic mass is 10.1. The molecule has 3 rings (SSSR count). The molecule has 0 unspecified atom stereocenters. The quantitative estimate of drug-likeness (QED) is 0.732. The largest absolute Gasteiger partial charge is 0.496 e. The van der Waals surface area contributed by atoms with Crippen LogP contribution >= 0.6 is 11.6 Å². The van der Waals surface area contributed by atoms with E-state index in [-0.39, 0.29) is 18.9 Å². The van der Waals surface area contributed by atoms with Crippen LogP contribution in [0.1, 0.15) is 11.5 Å². The maximum Gasteiger partial charge on any atom is 0.251 e. The van der Waals surface area contributed by atoms with Crippen molar-refractivity contribution in [3.05, 3.63) is 65.0 Å². The molecule has 0 saturated heterocycles. The molecule has 0 aliphatic heterocycles. The summed E-state index contributed by atoms with van der Waals surface area (Å²) < 4.78 is 10.9. The number of methoxy groups -OCH3 is 1. The van der Waals surface area contributed by atoms with Crippen LogP contribution in [0.4, 0.5) is 0 Å². The number of rotatable bonds is 6. The summed E-state index contributed by atoms with van der Waals surface area (Å²) in [6.45, 7) is 0.161. The average molecular weight is 358 g/mol. The van der Waals surface area contributed by atoms with Crippen molar-refractivity contribution >= 4 is 17.5 Å². The topological polar surface area (TPSA) is 77.3 Å². The van der Waals surface area contributed by atoms with E-state index in [9.17, 15) is 4.79 Å². The fourth-order valence-electron chi connectivity index (χ4n) is 2.28. The van der Waals surface area contributed by atoms with E-state index in [0.29, 0.717) is 28.1 Å². The maximum absolute atomic E-state index is 12.0.